The summed E-state index contributed by atoms with van der Waals surface area (Å²) in [4.78, 5) is 0. The third-order valence-corrected chi connectivity index (χ3v) is 20.4. The fraction of sp³-hybridized carbons (Fsp3) is 0.0769. The van der Waals surface area contributed by atoms with E-state index in [1.54, 1.807) is 0 Å². The quantitative estimate of drug-likeness (QED) is 0.0953. The Labute approximate surface area is 359 Å². The first-order valence-electron chi connectivity index (χ1n) is 19.3. The minimum absolute atomic E-state index is 0. The van der Waals surface area contributed by atoms with Crippen LogP contribution < -0.4 is 42.4 Å². The fourth-order valence-corrected chi connectivity index (χ4v) is 17.6. The van der Waals surface area contributed by atoms with Crippen LogP contribution in [0, 0.1) is 0 Å². The molecular weight excluding hydrogens is 941 g/mol. The van der Waals surface area contributed by atoms with E-state index in [2.05, 4.69) is 243 Å². The summed E-state index contributed by atoms with van der Waals surface area (Å²) in [7, 11) is -1.39. The van der Waals surface area contributed by atoms with Gasteiger partial charge >= 0.3 is 0 Å². The molecule has 0 amide bonds. The maximum absolute atomic E-state index is 2.30. The van der Waals surface area contributed by atoms with Gasteiger partial charge in [0.15, 0.2) is 0 Å². The molecule has 0 unspecified atom stereocenters. The van der Waals surface area contributed by atoms with Crippen LogP contribution in [0.2, 0.25) is 0 Å². The molecule has 0 fully saturated rings. The van der Waals surface area contributed by atoms with Crippen molar-refractivity contribution in [2.45, 2.75) is 0 Å². The smallest absolute Gasteiger partial charge is 0 e. The van der Waals surface area contributed by atoms with Crippen molar-refractivity contribution < 1.29 is 20.1 Å². The number of hydrogen-bond donors (Lipinski definition) is 0. The summed E-state index contributed by atoms with van der Waals surface area (Å²) in [5.74, 6) is 0. The molecule has 57 heavy (non-hydrogen) atoms. The van der Waals surface area contributed by atoms with Gasteiger partial charge in [0.05, 0.1) is 0 Å². The van der Waals surface area contributed by atoms with E-state index in [0.717, 1.165) is 0 Å². The van der Waals surface area contributed by atoms with Crippen molar-refractivity contribution in [3.63, 3.8) is 0 Å². The van der Waals surface area contributed by atoms with Gasteiger partial charge in [-0.3, -0.25) is 0 Å². The molecule has 0 aromatic heterocycles. The zero-order valence-corrected chi connectivity index (χ0v) is 38.0. The van der Waals surface area contributed by atoms with Gasteiger partial charge in [0, 0.05) is 20.1 Å². The molecule has 285 valence electrons. The van der Waals surface area contributed by atoms with Gasteiger partial charge in [-0.2, -0.15) is 0 Å². The summed E-state index contributed by atoms with van der Waals surface area (Å²) in [5, 5.41) is 11.8. The van der Waals surface area contributed by atoms with Gasteiger partial charge < -0.3 is 0 Å². The molecule has 8 aromatic rings. The number of benzene rings is 8. The molecule has 0 N–H and O–H groups in total. The fourth-order valence-electron chi connectivity index (χ4n) is 6.89. The predicted molar refractivity (Wildman–Crippen MR) is 256 cm³/mol. The first-order valence-corrected chi connectivity index (χ1v) is 25.4. The average molecular weight is 989 g/mol. The van der Waals surface area contributed by atoms with Crippen LogP contribution in [0.3, 0.4) is 0 Å². The van der Waals surface area contributed by atoms with E-state index in [0.29, 0.717) is 0 Å². The SMILES string of the molecule is [Ir].c1ccc(P(CCP(c2ccccc2)c2ccccc2)c2ccccc2)cc1.c1ccc(P(CCP(c2ccccc2)c2ccccc2)c2ccccc2)cc1. The minimum atomic E-state index is -0.348. The number of rotatable bonds is 14. The molecule has 0 aliphatic heterocycles. The summed E-state index contributed by atoms with van der Waals surface area (Å²) in [6, 6.07) is 88.4. The van der Waals surface area contributed by atoms with E-state index in [9.17, 15) is 0 Å². The van der Waals surface area contributed by atoms with Gasteiger partial charge in [-0.25, -0.2) is 0 Å². The summed E-state index contributed by atoms with van der Waals surface area (Å²) < 4.78 is 0. The molecule has 0 atom stereocenters. The maximum atomic E-state index is 2.30. The zero-order valence-electron chi connectivity index (χ0n) is 32.0. The van der Waals surface area contributed by atoms with Crippen LogP contribution in [0.4, 0.5) is 0 Å². The van der Waals surface area contributed by atoms with Crippen molar-refractivity contribution in [2.75, 3.05) is 24.6 Å². The molecular formula is C52H48IrP4. The summed E-state index contributed by atoms with van der Waals surface area (Å²) in [6.07, 6.45) is 4.83. The number of hydrogen-bond acceptors (Lipinski definition) is 0. The van der Waals surface area contributed by atoms with E-state index in [-0.39, 0.29) is 51.8 Å². The van der Waals surface area contributed by atoms with E-state index in [1.165, 1.54) is 67.1 Å². The maximum Gasteiger partial charge on any atom is 0 e. The third kappa shape index (κ3) is 12.6. The largest absolute Gasteiger partial charge is 0.0622 e. The second-order valence-corrected chi connectivity index (χ2v) is 22.6. The Morgan fingerprint density at radius 2 is 0.281 bits per heavy atom. The first kappa shape index (κ1) is 42.7. The van der Waals surface area contributed by atoms with E-state index < -0.39 is 0 Å². The third-order valence-electron chi connectivity index (χ3n) is 9.64. The van der Waals surface area contributed by atoms with Gasteiger partial charge in [0.1, 0.15) is 0 Å². The Hall–Kier alpha value is -3.87. The zero-order chi connectivity index (χ0) is 38.0. The van der Waals surface area contributed by atoms with Crippen molar-refractivity contribution in [1.82, 2.24) is 0 Å². The van der Waals surface area contributed by atoms with Crippen molar-refractivity contribution in [2.24, 2.45) is 0 Å². The van der Waals surface area contributed by atoms with Crippen molar-refractivity contribution in [3.05, 3.63) is 243 Å². The molecule has 0 aliphatic rings. The van der Waals surface area contributed by atoms with Crippen molar-refractivity contribution in [3.8, 4) is 0 Å². The van der Waals surface area contributed by atoms with E-state index >= 15 is 0 Å². The normalized spacial score (nSPS) is 10.9. The van der Waals surface area contributed by atoms with Gasteiger partial charge in [-0.15, -0.1) is 0 Å². The molecule has 0 saturated heterocycles. The van der Waals surface area contributed by atoms with Crippen LogP contribution in [-0.2, 0) is 20.1 Å². The van der Waals surface area contributed by atoms with Gasteiger partial charge in [0.2, 0.25) is 0 Å². The molecule has 1 radical (unpaired) electrons. The topological polar surface area (TPSA) is 0 Å². The van der Waals surface area contributed by atoms with Gasteiger partial charge in [-0.05, 0) is 98.8 Å². The minimum Gasteiger partial charge on any atom is -0.0622 e. The molecule has 0 saturated carbocycles. The molecule has 5 heteroatoms. The Bertz CT molecular complexity index is 1760. The Morgan fingerprint density at radius 3 is 0.386 bits per heavy atom. The second kappa shape index (κ2) is 23.5. The second-order valence-electron chi connectivity index (χ2n) is 13.3. The Kier molecular flexibility index (Phi) is 17.6. The van der Waals surface area contributed by atoms with Crippen LogP contribution in [0.5, 0.6) is 0 Å². The average Bonchev–Trinajstić information content (AvgIpc) is 3.29. The molecule has 0 heterocycles. The summed E-state index contributed by atoms with van der Waals surface area (Å²) >= 11 is 0. The Balaban J connectivity index is 0.000000189. The molecule has 0 bridgehead atoms. The molecule has 8 rings (SSSR count). The van der Waals surface area contributed by atoms with Crippen molar-refractivity contribution in [1.29, 1.82) is 0 Å². The van der Waals surface area contributed by atoms with Crippen LogP contribution in [-0.4, -0.2) is 24.6 Å². The van der Waals surface area contributed by atoms with Gasteiger partial charge in [0.25, 0.3) is 0 Å². The predicted octanol–water partition coefficient (Wildman–Crippen LogP) is 10.5. The molecule has 8 aromatic carbocycles. The van der Waals surface area contributed by atoms with Crippen molar-refractivity contribution >= 4 is 74.1 Å². The monoisotopic (exact) mass is 989 g/mol. The standard InChI is InChI=1S/2C26H24P2.Ir/c2*1-5-13-23(14-6-1)27(24-15-7-2-8-16-24)21-22-28(25-17-9-3-10-18-25)26-19-11-4-12-20-26;/h2*1-20H,21-22H2;. The first-order chi connectivity index (χ1) is 27.8. The van der Waals surface area contributed by atoms with Crippen LogP contribution in [0.15, 0.2) is 243 Å². The molecule has 0 spiro atoms. The summed E-state index contributed by atoms with van der Waals surface area (Å²) in [5.41, 5.74) is 0. The van der Waals surface area contributed by atoms with E-state index in [1.807, 2.05) is 0 Å². The molecule has 0 nitrogen and oxygen atoms in total. The Morgan fingerprint density at radius 1 is 0.175 bits per heavy atom. The van der Waals surface area contributed by atoms with E-state index in [4.69, 9.17) is 0 Å². The summed E-state index contributed by atoms with van der Waals surface area (Å²) in [6.45, 7) is 0. The van der Waals surface area contributed by atoms with Crippen LogP contribution >= 0.6 is 31.7 Å². The van der Waals surface area contributed by atoms with Crippen LogP contribution in [0.1, 0.15) is 0 Å². The van der Waals surface area contributed by atoms with Gasteiger partial charge in [-0.1, -0.05) is 243 Å². The molecule has 0 aliphatic carbocycles. The van der Waals surface area contributed by atoms with Crippen LogP contribution in [0.25, 0.3) is 0 Å².